The molecule has 4 rings (SSSR count). The Labute approximate surface area is 123 Å². The maximum absolute atomic E-state index is 13.8. The van der Waals surface area contributed by atoms with Crippen molar-refractivity contribution in [2.75, 3.05) is 0 Å². The van der Waals surface area contributed by atoms with Gasteiger partial charge in [-0.1, -0.05) is 11.2 Å². The van der Waals surface area contributed by atoms with Crippen molar-refractivity contribution in [3.8, 4) is 0 Å². The third kappa shape index (κ3) is 2.36. The third-order valence-corrected chi connectivity index (χ3v) is 3.72. The lowest BCUT2D eigenvalue weighted by molar-refractivity contribution is 0.370. The Morgan fingerprint density at radius 2 is 2.18 bits per heavy atom. The highest BCUT2D eigenvalue weighted by Gasteiger charge is 2.45. The summed E-state index contributed by atoms with van der Waals surface area (Å²) >= 11 is 0. The number of halogens is 2. The van der Waals surface area contributed by atoms with Crippen LogP contribution in [0.25, 0.3) is 0 Å². The van der Waals surface area contributed by atoms with E-state index in [1.165, 1.54) is 18.5 Å². The molecule has 2 atom stereocenters. The lowest BCUT2D eigenvalue weighted by Crippen LogP contribution is -2.01. The van der Waals surface area contributed by atoms with Crippen molar-refractivity contribution < 1.29 is 13.3 Å². The zero-order chi connectivity index (χ0) is 15.1. The van der Waals surface area contributed by atoms with Crippen LogP contribution in [0.2, 0.25) is 0 Å². The average Bonchev–Trinajstić information content (AvgIpc) is 2.90. The van der Waals surface area contributed by atoms with E-state index in [-0.39, 0.29) is 11.8 Å². The summed E-state index contributed by atoms with van der Waals surface area (Å²) in [7, 11) is 0. The van der Waals surface area contributed by atoms with Gasteiger partial charge in [0.2, 0.25) is 5.89 Å². The molecule has 22 heavy (non-hydrogen) atoms. The Balaban J connectivity index is 1.49. The van der Waals surface area contributed by atoms with Crippen molar-refractivity contribution >= 4 is 0 Å². The van der Waals surface area contributed by atoms with Gasteiger partial charge in [-0.25, -0.2) is 18.4 Å². The van der Waals surface area contributed by atoms with Crippen molar-refractivity contribution in [3.63, 3.8) is 0 Å². The van der Waals surface area contributed by atoms with Crippen LogP contribution in [-0.2, 0) is 6.54 Å². The lowest BCUT2D eigenvalue weighted by atomic mass is 10.1. The maximum Gasteiger partial charge on any atom is 0.230 e. The second-order valence-electron chi connectivity index (χ2n) is 5.26. The van der Waals surface area contributed by atoms with Crippen LogP contribution in [-0.4, -0.2) is 24.9 Å². The molecule has 2 aromatic heterocycles. The summed E-state index contributed by atoms with van der Waals surface area (Å²) in [5, 5.41) is 7.85. The van der Waals surface area contributed by atoms with Crippen molar-refractivity contribution in [2.24, 2.45) is 0 Å². The minimum absolute atomic E-state index is 0.0167. The summed E-state index contributed by atoms with van der Waals surface area (Å²) < 4.78 is 33.5. The molecule has 112 valence electrons. The largest absolute Gasteiger partial charge is 0.339 e. The van der Waals surface area contributed by atoms with E-state index in [2.05, 4.69) is 20.2 Å². The molecule has 1 aliphatic carbocycles. The molecule has 2 heterocycles. The van der Waals surface area contributed by atoms with Gasteiger partial charge < -0.3 is 4.52 Å². The zero-order valence-electron chi connectivity index (χ0n) is 11.4. The van der Waals surface area contributed by atoms with Gasteiger partial charge in [0.05, 0.1) is 0 Å². The van der Waals surface area contributed by atoms with Gasteiger partial charge in [0.15, 0.2) is 5.82 Å². The van der Waals surface area contributed by atoms with Crippen LogP contribution in [0.5, 0.6) is 0 Å². The third-order valence-electron chi connectivity index (χ3n) is 3.72. The van der Waals surface area contributed by atoms with Gasteiger partial charge in [0, 0.05) is 12.0 Å². The molecular formula is C14H11F2N5O. The molecule has 1 aliphatic rings. The maximum atomic E-state index is 13.8. The topological polar surface area (TPSA) is 69.6 Å². The molecular weight excluding hydrogens is 292 g/mol. The smallest absolute Gasteiger partial charge is 0.230 e. The minimum atomic E-state index is -0.577. The van der Waals surface area contributed by atoms with Crippen molar-refractivity contribution in [2.45, 2.75) is 24.8 Å². The first-order chi connectivity index (χ1) is 10.7. The molecule has 0 radical (unpaired) electrons. The molecule has 0 N–H and O–H groups in total. The Morgan fingerprint density at radius 3 is 2.95 bits per heavy atom. The first-order valence-electron chi connectivity index (χ1n) is 6.80. The normalized spacial score (nSPS) is 20.3. The highest BCUT2D eigenvalue weighted by atomic mass is 19.1. The van der Waals surface area contributed by atoms with Gasteiger partial charge in [-0.15, -0.1) is 0 Å². The van der Waals surface area contributed by atoms with Gasteiger partial charge in [0.1, 0.15) is 30.8 Å². The van der Waals surface area contributed by atoms with E-state index in [0.29, 0.717) is 30.2 Å². The molecule has 0 saturated heterocycles. The first kappa shape index (κ1) is 13.1. The fourth-order valence-electron chi connectivity index (χ4n) is 2.56. The summed E-state index contributed by atoms with van der Waals surface area (Å²) in [6, 6.07) is 3.63. The van der Waals surface area contributed by atoms with Crippen LogP contribution in [0.3, 0.4) is 0 Å². The second kappa shape index (κ2) is 4.97. The van der Waals surface area contributed by atoms with Crippen LogP contribution in [0.15, 0.2) is 35.4 Å². The standard InChI is InChI=1S/C14H11F2N5O/c15-8-1-2-9(12(16)3-8)10-4-11(10)14-19-13(20-22-14)5-21-7-17-6-18-21/h1-3,6-7,10-11H,4-5H2/t10-,11+/m0/s1. The van der Waals surface area contributed by atoms with Gasteiger partial charge in [-0.05, 0) is 24.0 Å². The molecule has 0 bridgehead atoms. The fraction of sp³-hybridized carbons (Fsp3) is 0.286. The molecule has 0 spiro atoms. The molecule has 3 aromatic rings. The highest BCUT2D eigenvalue weighted by Crippen LogP contribution is 2.54. The number of benzene rings is 1. The van der Waals surface area contributed by atoms with Crippen molar-refractivity contribution in [3.05, 3.63) is 59.8 Å². The number of aromatic nitrogens is 5. The van der Waals surface area contributed by atoms with Crippen LogP contribution in [0.1, 0.15) is 35.5 Å². The minimum Gasteiger partial charge on any atom is -0.339 e. The van der Waals surface area contributed by atoms with E-state index in [1.807, 2.05) is 0 Å². The average molecular weight is 303 g/mol. The van der Waals surface area contributed by atoms with E-state index < -0.39 is 11.6 Å². The summed E-state index contributed by atoms with van der Waals surface area (Å²) in [4.78, 5) is 8.14. The molecule has 8 heteroatoms. The number of nitrogens with zero attached hydrogens (tertiary/aromatic N) is 5. The number of hydrogen-bond acceptors (Lipinski definition) is 5. The number of rotatable bonds is 4. The number of hydrogen-bond donors (Lipinski definition) is 0. The van der Waals surface area contributed by atoms with E-state index in [9.17, 15) is 8.78 Å². The molecule has 1 fully saturated rings. The molecule has 1 aromatic carbocycles. The lowest BCUT2D eigenvalue weighted by Gasteiger charge is -2.00. The molecule has 1 saturated carbocycles. The van der Waals surface area contributed by atoms with Gasteiger partial charge in [0.25, 0.3) is 0 Å². The summed E-state index contributed by atoms with van der Waals surface area (Å²) in [5.74, 6) is -0.201. The molecule has 0 amide bonds. The summed E-state index contributed by atoms with van der Waals surface area (Å²) in [6.07, 6.45) is 3.70. The van der Waals surface area contributed by atoms with E-state index in [4.69, 9.17) is 4.52 Å². The first-order valence-corrected chi connectivity index (χ1v) is 6.80. The predicted molar refractivity (Wildman–Crippen MR) is 69.9 cm³/mol. The van der Waals surface area contributed by atoms with Crippen LogP contribution in [0, 0.1) is 11.6 Å². The van der Waals surface area contributed by atoms with Crippen molar-refractivity contribution in [1.82, 2.24) is 24.9 Å². The predicted octanol–water partition coefficient (Wildman–Crippen LogP) is 2.26. The van der Waals surface area contributed by atoms with E-state index in [0.717, 1.165) is 6.07 Å². The quantitative estimate of drug-likeness (QED) is 0.739. The highest BCUT2D eigenvalue weighted by molar-refractivity contribution is 5.32. The molecule has 0 aliphatic heterocycles. The van der Waals surface area contributed by atoms with Crippen LogP contribution in [0.4, 0.5) is 8.78 Å². The van der Waals surface area contributed by atoms with Crippen molar-refractivity contribution in [1.29, 1.82) is 0 Å². The van der Waals surface area contributed by atoms with E-state index in [1.54, 1.807) is 11.0 Å². The zero-order valence-corrected chi connectivity index (χ0v) is 11.4. The van der Waals surface area contributed by atoms with Gasteiger partial charge in [-0.2, -0.15) is 10.1 Å². The van der Waals surface area contributed by atoms with Crippen LogP contribution >= 0.6 is 0 Å². The van der Waals surface area contributed by atoms with Gasteiger partial charge >= 0.3 is 0 Å². The Morgan fingerprint density at radius 1 is 1.27 bits per heavy atom. The Kier molecular flexibility index (Phi) is 2.95. The molecule has 0 unspecified atom stereocenters. The van der Waals surface area contributed by atoms with Crippen LogP contribution < -0.4 is 0 Å². The monoisotopic (exact) mass is 303 g/mol. The Bertz CT molecular complexity index is 801. The fourth-order valence-corrected chi connectivity index (χ4v) is 2.56. The summed E-state index contributed by atoms with van der Waals surface area (Å²) in [6.45, 7) is 0.367. The van der Waals surface area contributed by atoms with E-state index >= 15 is 0 Å². The summed E-state index contributed by atoms with van der Waals surface area (Å²) in [5.41, 5.74) is 0.488. The van der Waals surface area contributed by atoms with Gasteiger partial charge in [-0.3, -0.25) is 0 Å². The second-order valence-corrected chi connectivity index (χ2v) is 5.26. The SMILES string of the molecule is Fc1ccc([C@@H]2C[C@H]2c2nc(Cn3cncn3)no2)c(F)c1. The molecule has 6 nitrogen and oxygen atoms in total. The Hall–Kier alpha value is -2.64.